The van der Waals surface area contributed by atoms with E-state index in [1.165, 1.54) is 29.2 Å². The van der Waals surface area contributed by atoms with Crippen LogP contribution in [-0.4, -0.2) is 112 Å². The average Bonchev–Trinajstić information content (AvgIpc) is 3.28. The molecule has 2 aliphatic heterocycles. The molecule has 2 fully saturated rings. The molecule has 0 spiro atoms. The van der Waals surface area contributed by atoms with Crippen LogP contribution in [0.1, 0.15) is 29.6 Å². The number of halogens is 1. The Morgan fingerprint density at radius 3 is 2.43 bits per heavy atom. The smallest absolute Gasteiger partial charge is 0.254 e. The lowest BCUT2D eigenvalue weighted by molar-refractivity contribution is -0.128. The first-order valence-corrected chi connectivity index (χ1v) is 12.5. The average molecular weight is 522 g/mol. The van der Waals surface area contributed by atoms with E-state index >= 15 is 0 Å². The molecule has 2 heterocycles. The molecule has 2 aliphatic rings. The van der Waals surface area contributed by atoms with Crippen LogP contribution in [-0.2, 0) is 23.9 Å². The summed E-state index contributed by atoms with van der Waals surface area (Å²) in [5, 5.41) is 8.54. The first-order valence-electron chi connectivity index (χ1n) is 12.5. The molecule has 3 rings (SSSR count). The zero-order chi connectivity index (χ0) is 26.8. The third-order valence-electron chi connectivity index (χ3n) is 6.35. The number of hydrogen-bond acceptors (Lipinski definition) is 7. The van der Waals surface area contributed by atoms with Gasteiger partial charge in [-0.1, -0.05) is 0 Å². The molecule has 1 aromatic carbocycles. The van der Waals surface area contributed by atoms with Gasteiger partial charge >= 0.3 is 0 Å². The van der Waals surface area contributed by atoms with Gasteiger partial charge < -0.3 is 30.3 Å². The van der Waals surface area contributed by atoms with Gasteiger partial charge in [0, 0.05) is 31.2 Å². The Kier molecular flexibility index (Phi) is 10.8. The number of ether oxygens (including phenoxy) is 2. The van der Waals surface area contributed by atoms with Gasteiger partial charge in [0.2, 0.25) is 17.7 Å². The second kappa shape index (κ2) is 14.0. The third kappa shape index (κ3) is 8.48. The first-order chi connectivity index (χ1) is 17.8. The van der Waals surface area contributed by atoms with Crippen molar-refractivity contribution in [2.75, 3.05) is 60.2 Å². The van der Waals surface area contributed by atoms with Gasteiger partial charge in [0.15, 0.2) is 0 Å². The minimum Gasteiger partial charge on any atom is -0.377 e. The molecular formula is C25H36FN5O6. The Hall–Kier alpha value is -3.09. The lowest BCUT2D eigenvalue weighted by Crippen LogP contribution is -2.47. The summed E-state index contributed by atoms with van der Waals surface area (Å²) < 4.78 is 24.2. The molecule has 3 atom stereocenters. The standard InChI is InChI=1S/C25H36FN5O6/c1-30(2)20-4-3-9-27-24(34)21-14-19(15-31(21)25(35)17-5-7-18(26)8-6-17)29-22(32)16-37-13-12-36-11-10-28-23(20)33/h5-8,19-21H,3-4,9-16H2,1-2H3,(H,27,34)(H,28,33)(H,29,32)/t19-,20+,21-/m1/s1. The van der Waals surface area contributed by atoms with Crippen LogP contribution >= 0.6 is 0 Å². The summed E-state index contributed by atoms with van der Waals surface area (Å²) >= 11 is 0. The summed E-state index contributed by atoms with van der Waals surface area (Å²) in [5.41, 5.74) is 0.250. The number of nitrogens with one attached hydrogen (secondary N) is 3. The fourth-order valence-electron chi connectivity index (χ4n) is 4.44. The molecule has 2 bridgehead atoms. The van der Waals surface area contributed by atoms with Crippen molar-refractivity contribution in [1.82, 2.24) is 25.8 Å². The summed E-state index contributed by atoms with van der Waals surface area (Å²) in [6.07, 6.45) is 1.31. The van der Waals surface area contributed by atoms with Crippen LogP contribution in [0.15, 0.2) is 24.3 Å². The Bertz CT molecular complexity index is 944. The summed E-state index contributed by atoms with van der Waals surface area (Å²) in [4.78, 5) is 54.5. The molecule has 0 unspecified atom stereocenters. The number of likely N-dealkylation sites (tertiary alicyclic amines) is 1. The highest BCUT2D eigenvalue weighted by Crippen LogP contribution is 2.22. The Morgan fingerprint density at radius 1 is 1.00 bits per heavy atom. The van der Waals surface area contributed by atoms with Crippen LogP contribution in [0.25, 0.3) is 0 Å². The molecule has 3 N–H and O–H groups in total. The van der Waals surface area contributed by atoms with Crippen molar-refractivity contribution in [3.05, 3.63) is 35.6 Å². The Labute approximate surface area is 216 Å². The quantitative estimate of drug-likeness (QED) is 0.479. The highest BCUT2D eigenvalue weighted by molar-refractivity contribution is 5.98. The van der Waals surface area contributed by atoms with E-state index in [-0.39, 0.29) is 62.1 Å². The maximum absolute atomic E-state index is 13.4. The molecule has 0 aromatic heterocycles. The number of nitrogens with zero attached hydrogens (tertiary/aromatic N) is 2. The molecule has 11 nitrogen and oxygen atoms in total. The molecule has 0 radical (unpaired) electrons. The molecular weight excluding hydrogens is 485 g/mol. The van der Waals surface area contributed by atoms with Gasteiger partial charge in [-0.3, -0.25) is 24.1 Å². The third-order valence-corrected chi connectivity index (χ3v) is 6.35. The molecule has 37 heavy (non-hydrogen) atoms. The number of carbonyl (C=O) groups excluding carboxylic acids is 4. The number of likely N-dealkylation sites (N-methyl/N-ethyl adjacent to an activating group) is 1. The Balaban J connectivity index is 1.71. The summed E-state index contributed by atoms with van der Waals surface area (Å²) in [6.45, 7) is 1.40. The zero-order valence-electron chi connectivity index (χ0n) is 21.3. The molecule has 204 valence electrons. The van der Waals surface area contributed by atoms with Crippen molar-refractivity contribution in [3.8, 4) is 0 Å². The van der Waals surface area contributed by atoms with Crippen molar-refractivity contribution < 1.29 is 33.0 Å². The monoisotopic (exact) mass is 521 g/mol. The van der Waals surface area contributed by atoms with Crippen molar-refractivity contribution in [3.63, 3.8) is 0 Å². The number of hydrogen-bond donors (Lipinski definition) is 3. The maximum Gasteiger partial charge on any atom is 0.254 e. The second-order valence-corrected chi connectivity index (χ2v) is 9.35. The van der Waals surface area contributed by atoms with Crippen LogP contribution in [0.3, 0.4) is 0 Å². The molecule has 0 saturated carbocycles. The number of rotatable bonds is 2. The predicted molar refractivity (Wildman–Crippen MR) is 132 cm³/mol. The molecule has 1 aromatic rings. The maximum atomic E-state index is 13.4. The van der Waals surface area contributed by atoms with Crippen molar-refractivity contribution in [2.24, 2.45) is 0 Å². The minimum absolute atomic E-state index is 0.128. The second-order valence-electron chi connectivity index (χ2n) is 9.35. The normalized spacial score (nSPS) is 25.2. The van der Waals surface area contributed by atoms with E-state index in [9.17, 15) is 23.6 Å². The lowest BCUT2D eigenvalue weighted by Gasteiger charge is -2.25. The van der Waals surface area contributed by atoms with E-state index < -0.39 is 23.8 Å². The summed E-state index contributed by atoms with van der Waals surface area (Å²) in [7, 11) is 3.64. The lowest BCUT2D eigenvalue weighted by atomic mass is 10.1. The number of amides is 4. The van der Waals surface area contributed by atoms with Gasteiger partial charge in [-0.15, -0.1) is 0 Å². The van der Waals surface area contributed by atoms with Crippen LogP contribution in [0.5, 0.6) is 0 Å². The zero-order valence-corrected chi connectivity index (χ0v) is 21.3. The fraction of sp³-hybridized carbons (Fsp3) is 0.600. The molecule has 4 amide bonds. The van der Waals surface area contributed by atoms with Gasteiger partial charge in [-0.05, 0) is 57.6 Å². The van der Waals surface area contributed by atoms with Gasteiger partial charge in [-0.2, -0.15) is 0 Å². The van der Waals surface area contributed by atoms with Gasteiger partial charge in [0.1, 0.15) is 18.5 Å². The van der Waals surface area contributed by atoms with Crippen LogP contribution in [0.2, 0.25) is 0 Å². The van der Waals surface area contributed by atoms with E-state index in [0.29, 0.717) is 32.5 Å². The van der Waals surface area contributed by atoms with E-state index in [1.54, 1.807) is 0 Å². The number of benzene rings is 1. The fourth-order valence-corrected chi connectivity index (χ4v) is 4.44. The van der Waals surface area contributed by atoms with Crippen LogP contribution in [0.4, 0.5) is 4.39 Å². The SMILES string of the molecule is CN(C)[C@H]1CCCNC(=O)[C@H]2C[C@H](CN2C(=O)c2ccc(F)cc2)NC(=O)COCCOCCNC1=O. The molecule has 12 heteroatoms. The number of carbonyl (C=O) groups is 4. The highest BCUT2D eigenvalue weighted by Gasteiger charge is 2.40. The molecule has 2 saturated heterocycles. The van der Waals surface area contributed by atoms with E-state index in [0.717, 1.165) is 0 Å². The van der Waals surface area contributed by atoms with Gasteiger partial charge in [0.25, 0.3) is 5.91 Å². The summed E-state index contributed by atoms with van der Waals surface area (Å²) in [6, 6.07) is 3.49. The molecule has 0 aliphatic carbocycles. The van der Waals surface area contributed by atoms with Gasteiger partial charge in [-0.25, -0.2) is 4.39 Å². The van der Waals surface area contributed by atoms with E-state index in [1.807, 2.05) is 19.0 Å². The predicted octanol–water partition coefficient (Wildman–Crippen LogP) is -0.485. The van der Waals surface area contributed by atoms with Crippen molar-refractivity contribution in [1.29, 1.82) is 0 Å². The highest BCUT2D eigenvalue weighted by atomic mass is 19.1. The minimum atomic E-state index is -0.810. The summed E-state index contributed by atoms with van der Waals surface area (Å²) in [5.74, 6) is -1.73. The van der Waals surface area contributed by atoms with E-state index in [4.69, 9.17) is 9.47 Å². The van der Waals surface area contributed by atoms with E-state index in [2.05, 4.69) is 16.0 Å². The number of fused-ring (bicyclic) bond motifs is 2. The first kappa shape index (κ1) is 28.5. The van der Waals surface area contributed by atoms with Crippen LogP contribution in [0, 0.1) is 5.82 Å². The van der Waals surface area contributed by atoms with Gasteiger partial charge in [0.05, 0.1) is 25.9 Å². The van der Waals surface area contributed by atoms with Crippen LogP contribution < -0.4 is 16.0 Å². The van der Waals surface area contributed by atoms with Crippen molar-refractivity contribution >= 4 is 23.6 Å². The Morgan fingerprint density at radius 2 is 1.70 bits per heavy atom. The largest absolute Gasteiger partial charge is 0.377 e. The van der Waals surface area contributed by atoms with Crippen molar-refractivity contribution in [2.45, 2.75) is 37.4 Å². The topological polar surface area (TPSA) is 129 Å².